The number of ether oxygens (including phenoxy) is 1. The molecule has 1 fully saturated rings. The minimum Gasteiger partial charge on any atom is -0.464 e. The van der Waals surface area contributed by atoms with Gasteiger partial charge in [-0.3, -0.25) is 9.59 Å². The summed E-state index contributed by atoms with van der Waals surface area (Å²) in [6, 6.07) is -0.566. The molecular weight excluding hydrogens is 270 g/mol. The molecule has 0 unspecified atom stereocenters. The minimum absolute atomic E-state index is 0.0487. The summed E-state index contributed by atoms with van der Waals surface area (Å²) in [7, 11) is 0. The van der Waals surface area contributed by atoms with Crippen molar-refractivity contribution in [2.75, 3.05) is 6.61 Å². The minimum atomic E-state index is -0.566. The molecule has 1 amide bonds. The molecule has 0 radical (unpaired) electrons. The molecule has 1 rings (SSSR count). The molecule has 0 aromatic heterocycles. The molecule has 0 aromatic rings. The molecule has 0 bridgehead atoms. The van der Waals surface area contributed by atoms with Crippen LogP contribution >= 0.6 is 0 Å². The van der Waals surface area contributed by atoms with Crippen LogP contribution in [0, 0.1) is 0 Å². The number of carbonyl (C=O) groups excluding carboxylic acids is 3. The number of Topliss-reactive ketones (excluding diaryl/α,β-unsaturated/α-hetero) is 1. The molecule has 0 aliphatic carbocycles. The fourth-order valence-corrected chi connectivity index (χ4v) is 2.42. The van der Waals surface area contributed by atoms with Crippen LogP contribution in [0.4, 0.5) is 0 Å². The van der Waals surface area contributed by atoms with Crippen molar-refractivity contribution in [2.45, 2.75) is 77.2 Å². The molecular formula is C16H27NO4. The van der Waals surface area contributed by atoms with Crippen LogP contribution in [-0.4, -0.2) is 30.3 Å². The predicted octanol–water partition coefficient (Wildman–Crippen LogP) is 2.52. The summed E-state index contributed by atoms with van der Waals surface area (Å²) in [5.41, 5.74) is 0. The van der Waals surface area contributed by atoms with Crippen LogP contribution in [-0.2, 0) is 19.1 Å². The van der Waals surface area contributed by atoms with Crippen LogP contribution in [0.5, 0.6) is 0 Å². The Morgan fingerprint density at radius 3 is 2.43 bits per heavy atom. The topological polar surface area (TPSA) is 72.5 Å². The van der Waals surface area contributed by atoms with Gasteiger partial charge in [0.25, 0.3) is 0 Å². The number of carbonyl (C=O) groups is 3. The van der Waals surface area contributed by atoms with Crippen molar-refractivity contribution in [3.63, 3.8) is 0 Å². The highest BCUT2D eigenvalue weighted by Gasteiger charge is 2.28. The highest BCUT2D eigenvalue weighted by atomic mass is 16.5. The van der Waals surface area contributed by atoms with Gasteiger partial charge < -0.3 is 10.1 Å². The zero-order valence-corrected chi connectivity index (χ0v) is 13.0. The Morgan fingerprint density at radius 2 is 1.81 bits per heavy atom. The maximum Gasteiger partial charge on any atom is 0.328 e. The summed E-state index contributed by atoms with van der Waals surface area (Å²) >= 11 is 0. The van der Waals surface area contributed by atoms with Crippen molar-refractivity contribution in [1.29, 1.82) is 0 Å². The lowest BCUT2D eigenvalue weighted by Gasteiger charge is -2.08. The van der Waals surface area contributed by atoms with Gasteiger partial charge in [0.05, 0.1) is 13.0 Å². The van der Waals surface area contributed by atoms with E-state index >= 15 is 0 Å². The highest BCUT2D eigenvalue weighted by molar-refractivity contribution is 5.99. The predicted molar refractivity (Wildman–Crippen MR) is 79.7 cm³/mol. The third-order valence-corrected chi connectivity index (χ3v) is 3.69. The molecule has 0 saturated carbocycles. The number of esters is 1. The lowest BCUT2D eigenvalue weighted by atomic mass is 10.1. The number of hydrogen-bond acceptors (Lipinski definition) is 4. The first kappa shape index (κ1) is 17.7. The van der Waals surface area contributed by atoms with Crippen molar-refractivity contribution in [1.82, 2.24) is 5.32 Å². The van der Waals surface area contributed by atoms with Crippen molar-refractivity contribution >= 4 is 17.7 Å². The van der Waals surface area contributed by atoms with Crippen LogP contribution < -0.4 is 5.32 Å². The third kappa shape index (κ3) is 7.83. The normalized spacial score (nSPS) is 17.6. The number of unbranched alkanes of at least 4 members (excludes halogenated alkanes) is 6. The number of nitrogens with one attached hydrogen (secondary N) is 1. The van der Waals surface area contributed by atoms with Crippen molar-refractivity contribution < 1.29 is 19.1 Å². The molecule has 5 nitrogen and oxygen atoms in total. The Bertz CT molecular complexity index is 354. The van der Waals surface area contributed by atoms with Crippen LogP contribution in [0.1, 0.15) is 71.1 Å². The molecule has 0 aromatic carbocycles. The van der Waals surface area contributed by atoms with E-state index in [9.17, 15) is 14.4 Å². The van der Waals surface area contributed by atoms with Gasteiger partial charge in [-0.25, -0.2) is 4.79 Å². The smallest absolute Gasteiger partial charge is 0.328 e. The van der Waals surface area contributed by atoms with Gasteiger partial charge in [0.1, 0.15) is 11.8 Å². The number of rotatable bonds is 11. The van der Waals surface area contributed by atoms with Gasteiger partial charge in [0.2, 0.25) is 5.91 Å². The second-order valence-electron chi connectivity index (χ2n) is 5.66. The van der Waals surface area contributed by atoms with Gasteiger partial charge in [-0.05, 0) is 6.42 Å². The van der Waals surface area contributed by atoms with E-state index in [2.05, 4.69) is 12.2 Å². The number of amides is 1. The van der Waals surface area contributed by atoms with Gasteiger partial charge in [0, 0.05) is 12.8 Å². The van der Waals surface area contributed by atoms with E-state index in [0.29, 0.717) is 19.4 Å². The summed E-state index contributed by atoms with van der Waals surface area (Å²) in [5.74, 6) is -0.818. The summed E-state index contributed by atoms with van der Waals surface area (Å²) in [5, 5.41) is 2.55. The van der Waals surface area contributed by atoms with Gasteiger partial charge in [-0.15, -0.1) is 0 Å². The van der Waals surface area contributed by atoms with Crippen LogP contribution in [0.25, 0.3) is 0 Å². The summed E-state index contributed by atoms with van der Waals surface area (Å²) in [6.07, 6.45) is 8.90. The highest BCUT2D eigenvalue weighted by Crippen LogP contribution is 2.10. The molecule has 1 saturated heterocycles. The maximum atomic E-state index is 11.7. The second-order valence-corrected chi connectivity index (χ2v) is 5.66. The Hall–Kier alpha value is -1.39. The van der Waals surface area contributed by atoms with E-state index in [1.807, 2.05) is 0 Å². The maximum absolute atomic E-state index is 11.7. The zero-order chi connectivity index (χ0) is 15.5. The lowest BCUT2D eigenvalue weighted by Crippen LogP contribution is -2.38. The average Bonchev–Trinajstić information content (AvgIpc) is 2.83. The Kier molecular flexibility index (Phi) is 8.71. The molecule has 0 spiro atoms. The van der Waals surface area contributed by atoms with Crippen molar-refractivity contribution in [2.24, 2.45) is 0 Å². The molecule has 120 valence electrons. The zero-order valence-electron chi connectivity index (χ0n) is 13.0. The fourth-order valence-electron chi connectivity index (χ4n) is 2.42. The molecule has 1 N–H and O–H groups in total. The molecule has 1 aliphatic rings. The van der Waals surface area contributed by atoms with E-state index in [0.717, 1.165) is 19.3 Å². The largest absolute Gasteiger partial charge is 0.464 e. The Labute approximate surface area is 126 Å². The fraction of sp³-hybridized carbons (Fsp3) is 0.812. The monoisotopic (exact) mass is 297 g/mol. The first-order valence-corrected chi connectivity index (χ1v) is 8.11. The Morgan fingerprint density at radius 1 is 1.14 bits per heavy atom. The van der Waals surface area contributed by atoms with E-state index in [1.165, 1.54) is 25.7 Å². The first-order valence-electron chi connectivity index (χ1n) is 8.11. The van der Waals surface area contributed by atoms with Gasteiger partial charge >= 0.3 is 5.97 Å². The summed E-state index contributed by atoms with van der Waals surface area (Å²) < 4.78 is 4.75. The van der Waals surface area contributed by atoms with E-state index in [4.69, 9.17) is 4.74 Å². The summed E-state index contributed by atoms with van der Waals surface area (Å²) in [4.78, 5) is 34.5. The lowest BCUT2D eigenvalue weighted by molar-refractivity contribution is -0.142. The van der Waals surface area contributed by atoms with Crippen LogP contribution in [0.15, 0.2) is 0 Å². The van der Waals surface area contributed by atoms with Gasteiger partial charge in [-0.1, -0.05) is 45.4 Å². The number of ketones is 1. The number of hydrogen-bond donors (Lipinski definition) is 1. The molecule has 1 aliphatic heterocycles. The van der Waals surface area contributed by atoms with E-state index < -0.39 is 12.0 Å². The Balaban J connectivity index is 2.02. The number of cyclic esters (lactones) is 1. The summed E-state index contributed by atoms with van der Waals surface area (Å²) in [6.45, 7) is 2.53. The van der Waals surface area contributed by atoms with E-state index in [-0.39, 0.29) is 18.1 Å². The van der Waals surface area contributed by atoms with Crippen LogP contribution in [0.2, 0.25) is 0 Å². The second kappa shape index (κ2) is 10.4. The molecule has 1 atom stereocenters. The first-order chi connectivity index (χ1) is 10.1. The SMILES string of the molecule is CCCCCCCCCC(=O)CC(=O)N[C@@H]1CCOC1=O. The van der Waals surface area contributed by atoms with E-state index in [1.54, 1.807) is 0 Å². The van der Waals surface area contributed by atoms with Crippen LogP contribution in [0.3, 0.4) is 0 Å². The molecule has 1 heterocycles. The molecule has 5 heteroatoms. The third-order valence-electron chi connectivity index (χ3n) is 3.69. The average molecular weight is 297 g/mol. The van der Waals surface area contributed by atoms with Crippen molar-refractivity contribution in [3.8, 4) is 0 Å². The molecule has 21 heavy (non-hydrogen) atoms. The van der Waals surface area contributed by atoms with Gasteiger partial charge in [-0.2, -0.15) is 0 Å². The van der Waals surface area contributed by atoms with Gasteiger partial charge in [0.15, 0.2) is 0 Å². The van der Waals surface area contributed by atoms with Crippen molar-refractivity contribution in [3.05, 3.63) is 0 Å². The quantitative estimate of drug-likeness (QED) is 0.361. The standard InChI is InChI=1S/C16H27NO4/c1-2-3-4-5-6-7-8-9-13(18)12-15(19)17-14-10-11-21-16(14)20/h14H,2-12H2,1H3,(H,17,19)/t14-/m1/s1.